The zero-order valence-corrected chi connectivity index (χ0v) is 11.1. The molecule has 2 rings (SSSR count). The minimum atomic E-state index is 0.586. The van der Waals surface area contributed by atoms with Crippen LogP contribution in [0, 0.1) is 10.8 Å². The molecule has 68 valence electrons. The number of hydrogen-bond acceptors (Lipinski definition) is 4. The molecule has 0 amide bonds. The van der Waals surface area contributed by atoms with Gasteiger partial charge in [0.1, 0.15) is 0 Å². The summed E-state index contributed by atoms with van der Waals surface area (Å²) in [6, 6.07) is 2.03. The molecule has 2 heterocycles. The molecule has 2 aromatic heterocycles. The summed E-state index contributed by atoms with van der Waals surface area (Å²) in [4.78, 5) is 5.13. The molecule has 0 fully saturated rings. The van der Waals surface area contributed by atoms with E-state index in [9.17, 15) is 0 Å². The van der Waals surface area contributed by atoms with Crippen LogP contribution in [-0.4, -0.2) is 10.1 Å². The third-order valence-electron chi connectivity index (χ3n) is 1.47. The van der Waals surface area contributed by atoms with E-state index in [0.717, 1.165) is 8.66 Å². The van der Waals surface area contributed by atoms with Crippen molar-refractivity contribution < 1.29 is 4.52 Å². The lowest BCUT2D eigenvalue weighted by Gasteiger charge is -1.81. The van der Waals surface area contributed by atoms with E-state index in [1.807, 2.05) is 35.6 Å². The van der Waals surface area contributed by atoms with E-state index < -0.39 is 0 Å². The van der Waals surface area contributed by atoms with Crippen LogP contribution >= 0.6 is 49.9 Å². The first-order valence-corrected chi connectivity index (χ1v) is 6.11. The van der Waals surface area contributed by atoms with Gasteiger partial charge in [-0.2, -0.15) is 4.98 Å². The lowest BCUT2D eigenvalue weighted by Crippen LogP contribution is -1.71. The maximum atomic E-state index is 5.04. The molecule has 2 aromatic rings. The average molecular weight is 371 g/mol. The fourth-order valence-corrected chi connectivity index (χ4v) is 2.64. The molecule has 0 unspecified atom stereocenters. The first kappa shape index (κ1) is 9.60. The van der Waals surface area contributed by atoms with E-state index in [-0.39, 0.29) is 0 Å². The van der Waals surface area contributed by atoms with Crippen molar-refractivity contribution in [2.45, 2.75) is 6.92 Å². The maximum absolute atomic E-state index is 5.04. The van der Waals surface area contributed by atoms with Crippen molar-refractivity contribution in [3.05, 3.63) is 19.2 Å². The standard InChI is InChI=1S/C7H4BrIN2OS/c1-3-2-4(13-5(3)8)6-10-7(9)11-12-6/h2H,1H3. The Labute approximate surface area is 101 Å². The fourth-order valence-electron chi connectivity index (χ4n) is 0.871. The van der Waals surface area contributed by atoms with Gasteiger partial charge in [-0.05, 0) is 34.5 Å². The number of hydrogen-bond donors (Lipinski definition) is 0. The molecule has 0 spiro atoms. The predicted molar refractivity (Wildman–Crippen MR) is 62.8 cm³/mol. The lowest BCUT2D eigenvalue weighted by atomic mass is 10.3. The van der Waals surface area contributed by atoms with E-state index in [0.29, 0.717) is 9.72 Å². The number of aryl methyl sites for hydroxylation is 1. The van der Waals surface area contributed by atoms with Gasteiger partial charge in [0.2, 0.25) is 3.83 Å². The van der Waals surface area contributed by atoms with Crippen LogP contribution in [0.1, 0.15) is 5.56 Å². The van der Waals surface area contributed by atoms with Crippen LogP contribution in [0.3, 0.4) is 0 Å². The molecular weight excluding hydrogens is 367 g/mol. The molecular formula is C7H4BrIN2OS. The number of nitrogens with zero attached hydrogens (tertiary/aromatic N) is 2. The van der Waals surface area contributed by atoms with Crippen LogP contribution < -0.4 is 0 Å². The zero-order chi connectivity index (χ0) is 9.42. The van der Waals surface area contributed by atoms with Gasteiger partial charge in [0.05, 0.1) is 8.66 Å². The Morgan fingerprint density at radius 2 is 2.38 bits per heavy atom. The summed E-state index contributed by atoms with van der Waals surface area (Å²) in [5, 5.41) is 3.72. The lowest BCUT2D eigenvalue weighted by molar-refractivity contribution is 0.426. The normalized spacial score (nSPS) is 10.7. The molecule has 0 aliphatic carbocycles. The second-order valence-corrected chi connectivity index (χ2v) is 5.77. The van der Waals surface area contributed by atoms with Crippen LogP contribution in [0.2, 0.25) is 0 Å². The number of halogens is 2. The predicted octanol–water partition coefficient (Wildman–Crippen LogP) is 3.47. The van der Waals surface area contributed by atoms with Gasteiger partial charge in [0, 0.05) is 22.6 Å². The fraction of sp³-hybridized carbons (Fsp3) is 0.143. The van der Waals surface area contributed by atoms with Gasteiger partial charge in [0.15, 0.2) is 0 Å². The highest BCUT2D eigenvalue weighted by Crippen LogP contribution is 2.33. The van der Waals surface area contributed by atoms with Crippen LogP contribution in [-0.2, 0) is 0 Å². The Hall–Kier alpha value is 0.0500. The first-order chi connectivity index (χ1) is 6.16. The summed E-state index contributed by atoms with van der Waals surface area (Å²) in [5.74, 6) is 0.586. The van der Waals surface area contributed by atoms with E-state index in [1.165, 1.54) is 5.56 Å². The smallest absolute Gasteiger partial charge is 0.268 e. The van der Waals surface area contributed by atoms with Gasteiger partial charge in [-0.1, -0.05) is 5.16 Å². The van der Waals surface area contributed by atoms with Gasteiger partial charge in [-0.3, -0.25) is 0 Å². The van der Waals surface area contributed by atoms with Crippen molar-refractivity contribution in [1.82, 2.24) is 10.1 Å². The van der Waals surface area contributed by atoms with Crippen LogP contribution in [0.25, 0.3) is 10.8 Å². The van der Waals surface area contributed by atoms with Gasteiger partial charge in [-0.15, -0.1) is 11.3 Å². The Morgan fingerprint density at radius 1 is 1.62 bits per heavy atom. The third-order valence-corrected chi connectivity index (χ3v) is 4.03. The van der Waals surface area contributed by atoms with E-state index in [4.69, 9.17) is 4.52 Å². The Morgan fingerprint density at radius 3 is 2.85 bits per heavy atom. The Bertz CT molecular complexity index is 420. The first-order valence-electron chi connectivity index (χ1n) is 3.42. The summed E-state index contributed by atoms with van der Waals surface area (Å²) in [6.07, 6.45) is 0. The second kappa shape index (κ2) is 3.66. The van der Waals surface area contributed by atoms with Crippen LogP contribution in [0.15, 0.2) is 14.4 Å². The number of rotatable bonds is 1. The molecule has 0 aliphatic heterocycles. The quantitative estimate of drug-likeness (QED) is 0.721. The van der Waals surface area contributed by atoms with Crippen molar-refractivity contribution in [3.63, 3.8) is 0 Å². The number of aromatic nitrogens is 2. The van der Waals surface area contributed by atoms with Crippen molar-refractivity contribution in [2.75, 3.05) is 0 Å². The molecule has 0 N–H and O–H groups in total. The Kier molecular flexibility index (Phi) is 2.70. The SMILES string of the molecule is Cc1cc(-c2nc(I)no2)sc1Br. The largest absolute Gasteiger partial charge is 0.332 e. The van der Waals surface area contributed by atoms with Gasteiger partial charge in [0.25, 0.3) is 5.89 Å². The monoisotopic (exact) mass is 370 g/mol. The van der Waals surface area contributed by atoms with Crippen LogP contribution in [0.4, 0.5) is 0 Å². The van der Waals surface area contributed by atoms with Gasteiger partial charge < -0.3 is 4.52 Å². The van der Waals surface area contributed by atoms with Crippen molar-refractivity contribution in [3.8, 4) is 10.8 Å². The molecule has 6 heteroatoms. The van der Waals surface area contributed by atoms with Crippen molar-refractivity contribution in [1.29, 1.82) is 0 Å². The molecule has 13 heavy (non-hydrogen) atoms. The van der Waals surface area contributed by atoms with E-state index in [1.54, 1.807) is 11.3 Å². The highest BCUT2D eigenvalue weighted by Gasteiger charge is 2.11. The minimum Gasteiger partial charge on any atom is -0.332 e. The third kappa shape index (κ3) is 1.94. The molecule has 0 saturated heterocycles. The van der Waals surface area contributed by atoms with Gasteiger partial charge in [-0.25, -0.2) is 0 Å². The summed E-state index contributed by atoms with van der Waals surface area (Å²) in [6.45, 7) is 2.03. The van der Waals surface area contributed by atoms with E-state index >= 15 is 0 Å². The molecule has 0 aromatic carbocycles. The number of thiophene rings is 1. The molecule has 0 aliphatic rings. The maximum Gasteiger partial charge on any atom is 0.268 e. The molecule has 0 bridgehead atoms. The topological polar surface area (TPSA) is 38.9 Å². The summed E-state index contributed by atoms with van der Waals surface area (Å²) in [7, 11) is 0. The van der Waals surface area contributed by atoms with E-state index in [2.05, 4.69) is 26.1 Å². The van der Waals surface area contributed by atoms with Crippen LogP contribution in [0.5, 0.6) is 0 Å². The molecule has 0 saturated carbocycles. The van der Waals surface area contributed by atoms with Gasteiger partial charge >= 0.3 is 0 Å². The Balaban J connectivity index is 2.46. The molecule has 0 radical (unpaired) electrons. The summed E-state index contributed by atoms with van der Waals surface area (Å²) in [5.41, 5.74) is 1.19. The van der Waals surface area contributed by atoms with Crippen molar-refractivity contribution >= 4 is 49.9 Å². The molecule has 3 nitrogen and oxygen atoms in total. The highest BCUT2D eigenvalue weighted by atomic mass is 127. The molecule has 0 atom stereocenters. The summed E-state index contributed by atoms with van der Waals surface area (Å²) < 4.78 is 6.78. The zero-order valence-electron chi connectivity index (χ0n) is 6.54. The second-order valence-electron chi connectivity index (χ2n) is 2.44. The summed E-state index contributed by atoms with van der Waals surface area (Å²) >= 11 is 7.06. The van der Waals surface area contributed by atoms with Crippen molar-refractivity contribution in [2.24, 2.45) is 0 Å². The minimum absolute atomic E-state index is 0.586. The average Bonchev–Trinajstić information content (AvgIpc) is 2.61. The highest BCUT2D eigenvalue weighted by molar-refractivity contribution is 14.1.